The number of benzene rings is 2. The Hall–Kier alpha value is -4.36. The maximum atomic E-state index is 12.8. The first-order chi connectivity index (χ1) is 14.0. The molecule has 0 unspecified atom stereocenters. The molecule has 1 N–H and O–H groups in total. The quantitative estimate of drug-likeness (QED) is 0.423. The van der Waals surface area contributed by atoms with Crippen molar-refractivity contribution < 1.29 is 14.5 Å². The smallest absolute Gasteiger partial charge is 0.293 e. The summed E-state index contributed by atoms with van der Waals surface area (Å²) in [5.41, 5.74) is 2.01. The number of hydrogen-bond acceptors (Lipinski definition) is 6. The average Bonchev–Trinajstić information content (AvgIpc) is 3.06. The van der Waals surface area contributed by atoms with E-state index >= 15 is 0 Å². The van der Waals surface area contributed by atoms with Gasteiger partial charge in [-0.25, -0.2) is 4.98 Å². The molecule has 0 atom stereocenters. The van der Waals surface area contributed by atoms with Gasteiger partial charge < -0.3 is 0 Å². The highest BCUT2D eigenvalue weighted by Crippen LogP contribution is 2.30. The monoisotopic (exact) mass is 390 g/mol. The summed E-state index contributed by atoms with van der Waals surface area (Å²) >= 11 is 0. The predicted octanol–water partition coefficient (Wildman–Crippen LogP) is 2.99. The van der Waals surface area contributed by atoms with E-state index in [-0.39, 0.29) is 11.8 Å². The molecule has 9 nitrogen and oxygen atoms in total. The third kappa shape index (κ3) is 3.58. The number of hydrogen-bond donors (Lipinski definition) is 1. The Morgan fingerprint density at radius 3 is 2.03 bits per heavy atom. The van der Waals surface area contributed by atoms with Gasteiger partial charge in [0.15, 0.2) is 11.3 Å². The molecule has 144 valence electrons. The number of nitrogens with zero attached hydrogens (tertiary/aromatic N) is 3. The molecular formula is C20H14N4O5. The zero-order chi connectivity index (χ0) is 21.0. The molecule has 4 rings (SSSR count). The molecule has 2 aromatic carbocycles. The number of nitrogens with one attached hydrogen (secondary N) is 1. The van der Waals surface area contributed by atoms with E-state index in [1.54, 1.807) is 30.3 Å². The van der Waals surface area contributed by atoms with Gasteiger partial charge in [0.2, 0.25) is 0 Å². The van der Waals surface area contributed by atoms with Crippen molar-refractivity contribution in [3.8, 4) is 22.4 Å². The molecule has 4 aromatic rings. The van der Waals surface area contributed by atoms with Gasteiger partial charge >= 0.3 is 17.4 Å². The van der Waals surface area contributed by atoms with Crippen LogP contribution in [0.4, 0.5) is 5.69 Å². The van der Waals surface area contributed by atoms with Crippen molar-refractivity contribution in [3.05, 3.63) is 86.8 Å². The zero-order valence-corrected chi connectivity index (χ0v) is 15.2. The summed E-state index contributed by atoms with van der Waals surface area (Å²) in [6.45, 7) is 1.81. The predicted molar refractivity (Wildman–Crippen MR) is 103 cm³/mol. The van der Waals surface area contributed by atoms with Crippen molar-refractivity contribution >= 4 is 17.5 Å². The SMILES string of the molecule is Cc1[nH]n2c(=O)c([N+](=O)[O-])c(-c3ccccc3)nc2c1-c1ccccc1.O=C=O. The van der Waals surface area contributed by atoms with E-state index in [9.17, 15) is 14.9 Å². The van der Waals surface area contributed by atoms with Crippen LogP contribution >= 0.6 is 0 Å². The average molecular weight is 390 g/mol. The number of rotatable bonds is 3. The summed E-state index contributed by atoms with van der Waals surface area (Å²) in [4.78, 5) is 44.5. The number of aromatic nitrogens is 3. The van der Waals surface area contributed by atoms with Gasteiger partial charge in [0.1, 0.15) is 0 Å². The van der Waals surface area contributed by atoms with Crippen LogP contribution in [0, 0.1) is 17.0 Å². The van der Waals surface area contributed by atoms with Crippen LogP contribution in [0.15, 0.2) is 65.5 Å². The maximum absolute atomic E-state index is 12.8. The van der Waals surface area contributed by atoms with Crippen LogP contribution in [-0.4, -0.2) is 25.7 Å². The highest BCUT2D eigenvalue weighted by molar-refractivity contribution is 5.82. The van der Waals surface area contributed by atoms with Crippen molar-refractivity contribution in [2.75, 3.05) is 0 Å². The molecular weight excluding hydrogens is 376 g/mol. The van der Waals surface area contributed by atoms with E-state index < -0.39 is 16.2 Å². The summed E-state index contributed by atoms with van der Waals surface area (Å²) in [6, 6.07) is 18.2. The molecule has 0 saturated carbocycles. The largest absolute Gasteiger partial charge is 0.373 e. The van der Waals surface area contributed by atoms with Gasteiger partial charge in [0, 0.05) is 16.8 Å². The molecule has 0 aliphatic rings. The Morgan fingerprint density at radius 2 is 1.52 bits per heavy atom. The third-order valence-electron chi connectivity index (χ3n) is 4.23. The first kappa shape index (κ1) is 19.4. The van der Waals surface area contributed by atoms with Gasteiger partial charge in [-0.15, -0.1) is 0 Å². The lowest BCUT2D eigenvalue weighted by atomic mass is 10.1. The minimum Gasteiger partial charge on any atom is -0.293 e. The normalized spacial score (nSPS) is 10.1. The molecule has 0 radical (unpaired) electrons. The van der Waals surface area contributed by atoms with E-state index in [2.05, 4.69) is 10.1 Å². The molecule has 0 spiro atoms. The second-order valence-corrected chi connectivity index (χ2v) is 5.96. The van der Waals surface area contributed by atoms with Crippen LogP contribution in [0.3, 0.4) is 0 Å². The minimum absolute atomic E-state index is 0.0665. The van der Waals surface area contributed by atoms with Gasteiger partial charge in [-0.2, -0.15) is 14.1 Å². The van der Waals surface area contributed by atoms with Crippen LogP contribution in [0.5, 0.6) is 0 Å². The number of H-pyrrole nitrogens is 1. The Kier molecular flexibility index (Phi) is 5.43. The summed E-state index contributed by atoms with van der Waals surface area (Å²) in [6.07, 6.45) is 0.250. The molecule has 0 saturated heterocycles. The van der Waals surface area contributed by atoms with Gasteiger partial charge in [0.25, 0.3) is 0 Å². The highest BCUT2D eigenvalue weighted by Gasteiger charge is 2.27. The Morgan fingerprint density at radius 1 is 1.00 bits per heavy atom. The van der Waals surface area contributed by atoms with Crippen molar-refractivity contribution in [1.82, 2.24) is 14.6 Å². The second-order valence-electron chi connectivity index (χ2n) is 5.96. The Balaban J connectivity index is 0.000000755. The molecule has 9 heteroatoms. The lowest BCUT2D eigenvalue weighted by Gasteiger charge is -2.04. The molecule has 2 aromatic heterocycles. The molecule has 2 heterocycles. The lowest BCUT2D eigenvalue weighted by Crippen LogP contribution is -2.20. The lowest BCUT2D eigenvalue weighted by molar-refractivity contribution is -0.385. The third-order valence-corrected chi connectivity index (χ3v) is 4.23. The van der Waals surface area contributed by atoms with Crippen LogP contribution in [0.1, 0.15) is 5.69 Å². The zero-order valence-electron chi connectivity index (χ0n) is 15.2. The van der Waals surface area contributed by atoms with Gasteiger partial charge in [-0.05, 0) is 12.5 Å². The minimum atomic E-state index is -0.732. The van der Waals surface area contributed by atoms with Crippen molar-refractivity contribution in [3.63, 3.8) is 0 Å². The van der Waals surface area contributed by atoms with Crippen LogP contribution in [0.25, 0.3) is 28.0 Å². The topological polar surface area (TPSA) is 127 Å². The molecule has 0 amide bonds. The number of carbonyl (C=O) groups excluding carboxylic acids is 2. The molecule has 29 heavy (non-hydrogen) atoms. The van der Waals surface area contributed by atoms with E-state index in [4.69, 9.17) is 9.59 Å². The van der Waals surface area contributed by atoms with E-state index in [0.29, 0.717) is 16.9 Å². The first-order valence-corrected chi connectivity index (χ1v) is 8.39. The van der Waals surface area contributed by atoms with Crippen molar-refractivity contribution in [2.45, 2.75) is 6.92 Å². The summed E-state index contributed by atoms with van der Waals surface area (Å²) < 4.78 is 1.14. The number of aromatic amines is 1. The highest BCUT2D eigenvalue weighted by atomic mass is 16.6. The van der Waals surface area contributed by atoms with Gasteiger partial charge in [0.05, 0.1) is 4.92 Å². The van der Waals surface area contributed by atoms with Gasteiger partial charge in [-0.1, -0.05) is 60.7 Å². The number of aryl methyl sites for hydroxylation is 1. The van der Waals surface area contributed by atoms with E-state index in [0.717, 1.165) is 15.6 Å². The number of fused-ring (bicyclic) bond motifs is 1. The summed E-state index contributed by atoms with van der Waals surface area (Å²) in [7, 11) is 0. The fraction of sp³-hybridized carbons (Fsp3) is 0.0500. The standard InChI is InChI=1S/C19H14N4O3.CO2/c1-12-15(13-8-4-2-5-9-13)18-20-16(14-10-6-3-7-11-14)17(23(25)26)19(24)22(18)21-12;2-1-3/h2-11,21H,1H3;. The second kappa shape index (κ2) is 8.12. The molecule has 0 aliphatic carbocycles. The van der Waals surface area contributed by atoms with Crippen LogP contribution < -0.4 is 5.56 Å². The Labute approximate surface area is 163 Å². The Bertz CT molecular complexity index is 1270. The molecule has 0 bridgehead atoms. The van der Waals surface area contributed by atoms with E-state index in [1.165, 1.54) is 0 Å². The van der Waals surface area contributed by atoms with Crippen molar-refractivity contribution in [1.29, 1.82) is 0 Å². The molecule has 0 fully saturated rings. The van der Waals surface area contributed by atoms with Crippen molar-refractivity contribution in [2.24, 2.45) is 0 Å². The van der Waals surface area contributed by atoms with Gasteiger partial charge in [-0.3, -0.25) is 20.0 Å². The molecule has 0 aliphatic heterocycles. The first-order valence-electron chi connectivity index (χ1n) is 8.39. The fourth-order valence-electron chi connectivity index (χ4n) is 3.09. The van der Waals surface area contributed by atoms with E-state index in [1.807, 2.05) is 37.3 Å². The van der Waals surface area contributed by atoms with Crippen LogP contribution in [-0.2, 0) is 9.59 Å². The maximum Gasteiger partial charge on any atom is 0.373 e. The summed E-state index contributed by atoms with van der Waals surface area (Å²) in [5, 5.41) is 14.5. The fourth-order valence-corrected chi connectivity index (χ4v) is 3.09. The summed E-state index contributed by atoms with van der Waals surface area (Å²) in [5.74, 6) is 0. The van der Waals surface area contributed by atoms with Crippen LogP contribution in [0.2, 0.25) is 0 Å². The number of nitro groups is 1.